The third-order valence-electron chi connectivity index (χ3n) is 11.6. The SMILES string of the molecule is CC(C)(CCOc1cccc(OCCC(C)(C)OCCCCC(C)(C)OCC(OC(=O)c2ccccc2)c2ccccc2)c1)OCCCCCOCC(OC(=O)c1ccccc1)c1ccccc1. The van der Waals surface area contributed by atoms with Gasteiger partial charge in [0.15, 0.2) is 12.2 Å². The van der Waals surface area contributed by atoms with Gasteiger partial charge in [-0.05, 0) is 128 Å². The molecule has 5 rings (SSSR count). The lowest BCUT2D eigenvalue weighted by atomic mass is 10.0. The molecule has 0 heterocycles. The molecule has 2 unspecified atom stereocenters. The molecule has 68 heavy (non-hydrogen) atoms. The molecule has 0 bridgehead atoms. The third-order valence-corrected chi connectivity index (χ3v) is 11.6. The first kappa shape index (κ1) is 53.4. The maximum absolute atomic E-state index is 12.9. The molecule has 5 aromatic carbocycles. The summed E-state index contributed by atoms with van der Waals surface area (Å²) in [7, 11) is 0. The van der Waals surface area contributed by atoms with Crippen molar-refractivity contribution in [2.75, 3.05) is 46.2 Å². The standard InChI is InChI=1S/C58H74O10/c1-56(2,66-45-53(47-27-14-8-15-28-47)68-55(60)49-31-18-10-19-32-49)35-20-23-40-65-58(5,6)37-42-63-51-34-24-33-50(43-51)62-41-36-57(3,4)64-39-22-11-21-38-61-44-52(46-25-12-7-13-26-46)67-54(59)48-29-16-9-17-30-48/h7-10,12-19,24-34,43,52-53H,11,20-23,35-42,44-45H2,1-6H3. The van der Waals surface area contributed by atoms with Gasteiger partial charge in [0.05, 0.1) is 54.4 Å². The molecule has 366 valence electrons. The summed E-state index contributed by atoms with van der Waals surface area (Å²) in [5.74, 6) is 0.784. The Hall–Kier alpha value is -5.52. The second kappa shape index (κ2) is 28.1. The van der Waals surface area contributed by atoms with Crippen LogP contribution in [0.15, 0.2) is 146 Å². The second-order valence-electron chi connectivity index (χ2n) is 18.9. The molecule has 2 atom stereocenters. The van der Waals surface area contributed by atoms with E-state index in [1.54, 1.807) is 24.3 Å². The summed E-state index contributed by atoms with van der Waals surface area (Å²) >= 11 is 0. The Morgan fingerprint density at radius 1 is 0.412 bits per heavy atom. The van der Waals surface area contributed by atoms with Gasteiger partial charge in [-0.2, -0.15) is 0 Å². The van der Waals surface area contributed by atoms with Gasteiger partial charge in [-0.3, -0.25) is 0 Å². The molecule has 0 spiro atoms. The van der Waals surface area contributed by atoms with Crippen LogP contribution in [0.4, 0.5) is 0 Å². The van der Waals surface area contributed by atoms with Crippen LogP contribution < -0.4 is 9.47 Å². The van der Waals surface area contributed by atoms with Gasteiger partial charge in [-0.25, -0.2) is 9.59 Å². The smallest absolute Gasteiger partial charge is 0.338 e. The number of benzene rings is 5. The molecule has 0 saturated heterocycles. The van der Waals surface area contributed by atoms with Crippen LogP contribution in [0.3, 0.4) is 0 Å². The molecule has 0 radical (unpaired) electrons. The zero-order valence-corrected chi connectivity index (χ0v) is 41.2. The van der Waals surface area contributed by atoms with Gasteiger partial charge < -0.3 is 37.9 Å². The summed E-state index contributed by atoms with van der Waals surface area (Å²) in [6.45, 7) is 16.0. The predicted molar refractivity (Wildman–Crippen MR) is 267 cm³/mol. The van der Waals surface area contributed by atoms with Gasteiger partial charge in [0.25, 0.3) is 0 Å². The average Bonchev–Trinajstić information content (AvgIpc) is 3.34. The van der Waals surface area contributed by atoms with E-state index < -0.39 is 17.8 Å². The summed E-state index contributed by atoms with van der Waals surface area (Å²) in [6, 6.07) is 45.3. The maximum atomic E-state index is 12.9. The molecule has 10 heteroatoms. The van der Waals surface area contributed by atoms with Gasteiger partial charge in [-0.15, -0.1) is 0 Å². The minimum Gasteiger partial charge on any atom is -0.493 e. The zero-order valence-electron chi connectivity index (χ0n) is 41.2. The Labute approximate surface area is 405 Å². The number of ether oxygens (including phenoxy) is 8. The van der Waals surface area contributed by atoms with E-state index in [0.717, 1.165) is 74.0 Å². The Morgan fingerprint density at radius 2 is 0.824 bits per heavy atom. The fourth-order valence-electron chi connectivity index (χ4n) is 7.30. The Morgan fingerprint density at radius 3 is 1.31 bits per heavy atom. The van der Waals surface area contributed by atoms with Crippen molar-refractivity contribution in [2.24, 2.45) is 0 Å². The van der Waals surface area contributed by atoms with Crippen LogP contribution in [0.2, 0.25) is 0 Å². The van der Waals surface area contributed by atoms with E-state index in [2.05, 4.69) is 41.5 Å². The highest BCUT2D eigenvalue weighted by Crippen LogP contribution is 2.27. The topological polar surface area (TPSA) is 108 Å². The van der Waals surface area contributed by atoms with E-state index in [0.29, 0.717) is 50.8 Å². The van der Waals surface area contributed by atoms with Crippen LogP contribution in [0.1, 0.15) is 137 Å². The van der Waals surface area contributed by atoms with Crippen molar-refractivity contribution in [1.82, 2.24) is 0 Å². The van der Waals surface area contributed by atoms with Crippen molar-refractivity contribution in [1.29, 1.82) is 0 Å². The molecule has 0 fully saturated rings. The van der Waals surface area contributed by atoms with Crippen molar-refractivity contribution >= 4 is 11.9 Å². The Balaban J connectivity index is 0.904. The number of carbonyl (C=O) groups excluding carboxylic acids is 2. The number of rotatable bonds is 32. The van der Waals surface area contributed by atoms with E-state index >= 15 is 0 Å². The molecule has 0 aliphatic heterocycles. The van der Waals surface area contributed by atoms with Gasteiger partial charge in [0, 0.05) is 38.7 Å². The van der Waals surface area contributed by atoms with Gasteiger partial charge >= 0.3 is 11.9 Å². The van der Waals surface area contributed by atoms with Gasteiger partial charge in [0.2, 0.25) is 0 Å². The van der Waals surface area contributed by atoms with Gasteiger partial charge in [-0.1, -0.05) is 103 Å². The number of hydrogen-bond acceptors (Lipinski definition) is 10. The van der Waals surface area contributed by atoms with Crippen LogP contribution in [0.5, 0.6) is 11.5 Å². The second-order valence-corrected chi connectivity index (χ2v) is 18.9. The lowest BCUT2D eigenvalue weighted by Gasteiger charge is -2.29. The first-order chi connectivity index (χ1) is 32.8. The Bertz CT molecular complexity index is 2160. The summed E-state index contributed by atoms with van der Waals surface area (Å²) < 4.78 is 48.9. The van der Waals surface area contributed by atoms with Gasteiger partial charge in [0.1, 0.15) is 11.5 Å². The summed E-state index contributed by atoms with van der Waals surface area (Å²) in [4.78, 5) is 25.6. The number of unbranched alkanes of at least 4 members (excludes halogenated alkanes) is 3. The number of hydrogen-bond donors (Lipinski definition) is 0. The molecule has 0 aliphatic carbocycles. The molecule has 0 aliphatic rings. The van der Waals surface area contributed by atoms with E-state index in [4.69, 9.17) is 37.9 Å². The quantitative estimate of drug-likeness (QED) is 0.0305. The number of esters is 2. The average molecular weight is 931 g/mol. The largest absolute Gasteiger partial charge is 0.493 e. The number of carbonyl (C=O) groups is 2. The highest BCUT2D eigenvalue weighted by Gasteiger charge is 2.25. The molecular weight excluding hydrogens is 857 g/mol. The summed E-state index contributed by atoms with van der Waals surface area (Å²) in [5.41, 5.74) is 1.75. The normalized spacial score (nSPS) is 12.8. The molecule has 10 nitrogen and oxygen atoms in total. The zero-order chi connectivity index (χ0) is 48.5. The molecule has 5 aromatic rings. The monoisotopic (exact) mass is 931 g/mol. The fourth-order valence-corrected chi connectivity index (χ4v) is 7.30. The highest BCUT2D eigenvalue weighted by atomic mass is 16.6. The minimum atomic E-state index is -0.516. The summed E-state index contributed by atoms with van der Waals surface area (Å²) in [6.07, 6.45) is 5.91. The first-order valence-corrected chi connectivity index (χ1v) is 24.2. The fraction of sp³-hybridized carbons (Fsp3) is 0.448. The van der Waals surface area contributed by atoms with Crippen molar-refractivity contribution in [3.05, 3.63) is 168 Å². The minimum absolute atomic E-state index is 0.263. The predicted octanol–water partition coefficient (Wildman–Crippen LogP) is 13.2. The highest BCUT2D eigenvalue weighted by molar-refractivity contribution is 5.90. The maximum Gasteiger partial charge on any atom is 0.338 e. The first-order valence-electron chi connectivity index (χ1n) is 24.2. The molecule has 0 N–H and O–H groups in total. The van der Waals surface area contributed by atoms with Crippen molar-refractivity contribution in [3.63, 3.8) is 0 Å². The molecule has 0 saturated carbocycles. The van der Waals surface area contributed by atoms with Crippen LogP contribution in [0, 0.1) is 0 Å². The lowest BCUT2D eigenvalue weighted by Crippen LogP contribution is -2.29. The summed E-state index contributed by atoms with van der Waals surface area (Å²) in [5, 5.41) is 0. The van der Waals surface area contributed by atoms with Crippen LogP contribution in [-0.2, 0) is 28.4 Å². The van der Waals surface area contributed by atoms with Crippen molar-refractivity contribution in [3.8, 4) is 11.5 Å². The third kappa shape index (κ3) is 20.4. The van der Waals surface area contributed by atoms with Crippen LogP contribution in [0.25, 0.3) is 0 Å². The van der Waals surface area contributed by atoms with Crippen molar-refractivity contribution < 1.29 is 47.5 Å². The lowest BCUT2D eigenvalue weighted by molar-refractivity contribution is -0.0743. The Kier molecular flexibility index (Phi) is 22.1. The molecule has 0 aromatic heterocycles. The van der Waals surface area contributed by atoms with Crippen molar-refractivity contribution in [2.45, 2.75) is 122 Å². The van der Waals surface area contributed by atoms with E-state index in [1.165, 1.54) is 0 Å². The van der Waals surface area contributed by atoms with Crippen LogP contribution >= 0.6 is 0 Å². The molecular formula is C58H74O10. The van der Waals surface area contributed by atoms with E-state index in [-0.39, 0.29) is 29.7 Å². The van der Waals surface area contributed by atoms with Crippen LogP contribution in [-0.4, -0.2) is 75.0 Å². The van der Waals surface area contributed by atoms with E-state index in [9.17, 15) is 9.59 Å². The van der Waals surface area contributed by atoms with E-state index in [1.807, 2.05) is 121 Å². The molecule has 0 amide bonds.